The van der Waals surface area contributed by atoms with Crippen molar-refractivity contribution in [1.29, 1.82) is 0 Å². The molecule has 2 unspecified atom stereocenters. The zero-order chi connectivity index (χ0) is 15.6. The molecule has 0 bridgehead atoms. The maximum Gasteiger partial charge on any atom is 0.393 e. The Morgan fingerprint density at radius 1 is 1.24 bits per heavy atom. The van der Waals surface area contributed by atoms with Crippen molar-refractivity contribution in [3.8, 4) is 0 Å². The molecule has 3 nitrogen and oxygen atoms in total. The standard InChI is InChI=1S/C14H16BrF3N2O/c15-9-5-8(6-10(19)7-9)13(21)20-12-4-2-1-3-11(12)14(16,17)18/h5-7,11-12H,1-4,19H2,(H,20,21). The fourth-order valence-electron chi connectivity index (χ4n) is 2.69. The number of amides is 1. The second-order valence-corrected chi connectivity index (χ2v) is 6.20. The molecule has 7 heteroatoms. The largest absolute Gasteiger partial charge is 0.399 e. The normalized spacial score (nSPS) is 22.9. The van der Waals surface area contributed by atoms with Gasteiger partial charge in [-0.1, -0.05) is 28.8 Å². The molecule has 21 heavy (non-hydrogen) atoms. The van der Waals surface area contributed by atoms with Crippen molar-refractivity contribution in [2.24, 2.45) is 5.92 Å². The van der Waals surface area contributed by atoms with E-state index in [1.165, 1.54) is 12.1 Å². The lowest BCUT2D eigenvalue weighted by Crippen LogP contribution is -2.47. The van der Waals surface area contributed by atoms with E-state index in [-0.39, 0.29) is 12.0 Å². The second-order valence-electron chi connectivity index (χ2n) is 5.29. The molecule has 0 aromatic heterocycles. The first-order valence-electron chi connectivity index (χ1n) is 6.71. The molecule has 0 aliphatic heterocycles. The number of rotatable bonds is 2. The van der Waals surface area contributed by atoms with Crippen LogP contribution in [0.15, 0.2) is 22.7 Å². The number of nitrogens with two attached hydrogens (primary N) is 1. The summed E-state index contributed by atoms with van der Waals surface area (Å²) in [5, 5.41) is 2.51. The summed E-state index contributed by atoms with van der Waals surface area (Å²) in [7, 11) is 0. The molecular formula is C14H16BrF3N2O. The van der Waals surface area contributed by atoms with E-state index in [1.807, 2.05) is 0 Å². The Kier molecular flexibility index (Phi) is 4.81. The van der Waals surface area contributed by atoms with Crippen LogP contribution in [0.25, 0.3) is 0 Å². The van der Waals surface area contributed by atoms with Crippen molar-refractivity contribution in [3.05, 3.63) is 28.2 Å². The van der Waals surface area contributed by atoms with Gasteiger partial charge < -0.3 is 11.1 Å². The van der Waals surface area contributed by atoms with Gasteiger partial charge in [-0.15, -0.1) is 0 Å². The lowest BCUT2D eigenvalue weighted by atomic mass is 9.84. The number of hydrogen-bond donors (Lipinski definition) is 2. The van der Waals surface area contributed by atoms with Crippen LogP contribution in [0.5, 0.6) is 0 Å². The average molecular weight is 365 g/mol. The van der Waals surface area contributed by atoms with E-state index in [9.17, 15) is 18.0 Å². The Labute approximate surface area is 129 Å². The zero-order valence-corrected chi connectivity index (χ0v) is 12.8. The predicted octanol–water partition coefficient (Wildman–Crippen LogP) is 3.88. The molecule has 1 fully saturated rings. The van der Waals surface area contributed by atoms with Gasteiger partial charge in [0.25, 0.3) is 5.91 Å². The molecule has 3 N–H and O–H groups in total. The second kappa shape index (κ2) is 6.25. The number of carbonyl (C=O) groups is 1. The third kappa shape index (κ3) is 4.12. The highest BCUT2D eigenvalue weighted by Gasteiger charge is 2.45. The van der Waals surface area contributed by atoms with Crippen LogP contribution >= 0.6 is 15.9 Å². The number of anilines is 1. The average Bonchev–Trinajstić information content (AvgIpc) is 2.37. The maximum atomic E-state index is 13.0. The van der Waals surface area contributed by atoms with Gasteiger partial charge in [-0.3, -0.25) is 4.79 Å². The van der Waals surface area contributed by atoms with Crippen molar-refractivity contribution in [2.45, 2.75) is 37.9 Å². The Bertz CT molecular complexity index is 513. The van der Waals surface area contributed by atoms with Gasteiger partial charge >= 0.3 is 6.18 Å². The summed E-state index contributed by atoms with van der Waals surface area (Å²) >= 11 is 3.21. The Hall–Kier alpha value is -1.24. The Balaban J connectivity index is 2.13. The molecule has 0 heterocycles. The van der Waals surface area contributed by atoms with Gasteiger partial charge in [0, 0.05) is 21.8 Å². The van der Waals surface area contributed by atoms with E-state index in [0.717, 1.165) is 0 Å². The van der Waals surface area contributed by atoms with Gasteiger partial charge in [-0.05, 0) is 31.0 Å². The van der Waals surface area contributed by atoms with Gasteiger partial charge in [0.2, 0.25) is 0 Å². The molecule has 0 spiro atoms. The summed E-state index contributed by atoms with van der Waals surface area (Å²) < 4.78 is 39.6. The third-order valence-electron chi connectivity index (χ3n) is 3.69. The van der Waals surface area contributed by atoms with E-state index >= 15 is 0 Å². The smallest absolute Gasteiger partial charge is 0.393 e. The summed E-state index contributed by atoms with van der Waals surface area (Å²) in [6.07, 6.45) is -2.64. The molecule has 1 aliphatic rings. The lowest BCUT2D eigenvalue weighted by molar-refractivity contribution is -0.187. The number of benzene rings is 1. The van der Waals surface area contributed by atoms with Gasteiger partial charge in [0.15, 0.2) is 0 Å². The molecule has 0 radical (unpaired) electrons. The lowest BCUT2D eigenvalue weighted by Gasteiger charge is -2.33. The number of nitrogens with one attached hydrogen (secondary N) is 1. The number of halogens is 4. The SMILES string of the molecule is Nc1cc(Br)cc(C(=O)NC2CCCCC2C(F)(F)F)c1. The fraction of sp³-hybridized carbons (Fsp3) is 0.500. The van der Waals surface area contributed by atoms with Crippen molar-refractivity contribution >= 4 is 27.5 Å². The first kappa shape index (κ1) is 16.1. The van der Waals surface area contributed by atoms with Crippen LogP contribution in [0.2, 0.25) is 0 Å². The first-order chi connectivity index (χ1) is 9.77. The van der Waals surface area contributed by atoms with Crippen LogP contribution in [0, 0.1) is 5.92 Å². The first-order valence-corrected chi connectivity index (χ1v) is 7.50. The molecule has 1 amide bonds. The molecule has 2 atom stereocenters. The van der Waals surface area contributed by atoms with Crippen molar-refractivity contribution < 1.29 is 18.0 Å². The number of alkyl halides is 3. The summed E-state index contributed by atoms with van der Waals surface area (Å²) in [5.41, 5.74) is 6.27. The molecule has 1 aromatic carbocycles. The minimum Gasteiger partial charge on any atom is -0.399 e. The van der Waals surface area contributed by atoms with E-state index in [4.69, 9.17) is 5.73 Å². The predicted molar refractivity (Wildman–Crippen MR) is 77.8 cm³/mol. The Morgan fingerprint density at radius 2 is 1.90 bits per heavy atom. The van der Waals surface area contributed by atoms with E-state index in [0.29, 0.717) is 29.4 Å². The fourth-order valence-corrected chi connectivity index (χ4v) is 3.20. The quantitative estimate of drug-likeness (QED) is 0.782. The van der Waals surface area contributed by atoms with Crippen molar-refractivity contribution in [3.63, 3.8) is 0 Å². The molecule has 116 valence electrons. The van der Waals surface area contributed by atoms with Gasteiger partial charge in [0.1, 0.15) is 0 Å². The molecule has 1 saturated carbocycles. The molecule has 0 saturated heterocycles. The Morgan fingerprint density at radius 3 is 2.52 bits per heavy atom. The van der Waals surface area contributed by atoms with E-state index < -0.39 is 24.0 Å². The van der Waals surface area contributed by atoms with Crippen LogP contribution in [-0.2, 0) is 0 Å². The zero-order valence-electron chi connectivity index (χ0n) is 11.2. The summed E-state index contributed by atoms with van der Waals surface area (Å²) in [6.45, 7) is 0. The number of nitrogen functional groups attached to an aromatic ring is 1. The summed E-state index contributed by atoms with van der Waals surface area (Å²) in [6, 6.07) is 3.74. The third-order valence-corrected chi connectivity index (χ3v) is 4.14. The van der Waals surface area contributed by atoms with Crippen LogP contribution < -0.4 is 11.1 Å². The minimum absolute atomic E-state index is 0.0646. The molecule has 1 aliphatic carbocycles. The molecule has 1 aromatic rings. The van der Waals surface area contributed by atoms with Gasteiger partial charge in [0.05, 0.1) is 5.92 Å². The highest BCUT2D eigenvalue weighted by molar-refractivity contribution is 9.10. The summed E-state index contributed by atoms with van der Waals surface area (Å²) in [5.74, 6) is -2.00. The topological polar surface area (TPSA) is 55.1 Å². The van der Waals surface area contributed by atoms with Crippen molar-refractivity contribution in [2.75, 3.05) is 5.73 Å². The highest BCUT2D eigenvalue weighted by atomic mass is 79.9. The van der Waals surface area contributed by atoms with E-state index in [2.05, 4.69) is 21.2 Å². The maximum absolute atomic E-state index is 13.0. The van der Waals surface area contributed by atoms with Gasteiger partial charge in [-0.25, -0.2) is 0 Å². The molecule has 2 rings (SSSR count). The van der Waals surface area contributed by atoms with E-state index in [1.54, 1.807) is 6.07 Å². The highest BCUT2D eigenvalue weighted by Crippen LogP contribution is 2.37. The molecular weight excluding hydrogens is 349 g/mol. The van der Waals surface area contributed by atoms with Crippen LogP contribution in [0.1, 0.15) is 36.0 Å². The van der Waals surface area contributed by atoms with Gasteiger partial charge in [-0.2, -0.15) is 13.2 Å². The summed E-state index contributed by atoms with van der Waals surface area (Å²) in [4.78, 5) is 12.1. The minimum atomic E-state index is -4.28. The number of carbonyl (C=O) groups excluding carboxylic acids is 1. The number of hydrogen-bond acceptors (Lipinski definition) is 2. The van der Waals surface area contributed by atoms with Crippen LogP contribution in [0.3, 0.4) is 0 Å². The van der Waals surface area contributed by atoms with Crippen molar-refractivity contribution in [1.82, 2.24) is 5.32 Å². The van der Waals surface area contributed by atoms with Crippen LogP contribution in [-0.4, -0.2) is 18.1 Å². The monoisotopic (exact) mass is 364 g/mol. The van der Waals surface area contributed by atoms with Crippen LogP contribution in [0.4, 0.5) is 18.9 Å².